The largest absolute Gasteiger partial charge is 0.463 e. The minimum absolute atomic E-state index is 0.0266. The van der Waals surface area contributed by atoms with E-state index in [1.165, 1.54) is 5.57 Å². The van der Waals surface area contributed by atoms with Crippen LogP contribution in [-0.4, -0.2) is 96.0 Å². The first-order valence-electron chi connectivity index (χ1n) is 16.5. The summed E-state index contributed by atoms with van der Waals surface area (Å²) in [7, 11) is 0. The topological polar surface area (TPSA) is 102 Å². The molecule has 0 unspecified atom stereocenters. The van der Waals surface area contributed by atoms with Gasteiger partial charge in [-0.25, -0.2) is 4.79 Å². The van der Waals surface area contributed by atoms with Crippen molar-refractivity contribution in [1.29, 1.82) is 0 Å². The minimum atomic E-state index is -0.848. The molecule has 0 aromatic carbocycles. The van der Waals surface area contributed by atoms with Gasteiger partial charge in [0.05, 0.1) is 78.8 Å². The highest BCUT2D eigenvalue weighted by atomic mass is 16.6. The summed E-state index contributed by atoms with van der Waals surface area (Å²) < 4.78 is 45.4. The number of carbonyl (C=O) groups is 1. The zero-order chi connectivity index (χ0) is 30.7. The summed E-state index contributed by atoms with van der Waals surface area (Å²) in [6, 6.07) is 0. The number of fused-ring (bicyclic) bond motifs is 5. The summed E-state index contributed by atoms with van der Waals surface area (Å²) in [5.41, 5.74) is -0.133. The molecule has 9 nitrogen and oxygen atoms in total. The first-order valence-corrected chi connectivity index (χ1v) is 16.5. The number of rotatable bonds is 4. The van der Waals surface area contributed by atoms with Gasteiger partial charge in [-0.1, -0.05) is 19.1 Å². The third-order valence-corrected chi connectivity index (χ3v) is 11.2. The van der Waals surface area contributed by atoms with Crippen LogP contribution in [-0.2, 0) is 38.0 Å². The highest BCUT2D eigenvalue weighted by molar-refractivity contribution is 5.87. The Morgan fingerprint density at radius 1 is 1.05 bits per heavy atom. The molecule has 0 aromatic rings. The van der Waals surface area contributed by atoms with Gasteiger partial charge in [0.25, 0.3) is 0 Å². The van der Waals surface area contributed by atoms with Gasteiger partial charge in [0.2, 0.25) is 0 Å². The van der Waals surface area contributed by atoms with Gasteiger partial charge in [-0.15, -0.1) is 0 Å². The third kappa shape index (κ3) is 5.88. The normalized spacial score (nSPS) is 50.0. The van der Waals surface area contributed by atoms with Crippen LogP contribution in [0, 0.1) is 5.92 Å². The SMILES string of the molecule is CCOC(=O)/C(C)=C/C[C@]1(C)O[C@]2(C)CC[C@@H]3O[C@@H]4C[C@]5(C)O[C@@H]6C(C)=CCO[C@H]6C[C@H]5O[C@H]4C[C@@H](C)[C@H]3O[C@H]2C[C@H]1O. The first kappa shape index (κ1) is 31.6. The van der Waals surface area contributed by atoms with E-state index in [1.807, 2.05) is 13.0 Å². The maximum absolute atomic E-state index is 12.2. The fourth-order valence-corrected chi connectivity index (χ4v) is 8.42. The van der Waals surface area contributed by atoms with Crippen LogP contribution in [0.2, 0.25) is 0 Å². The summed E-state index contributed by atoms with van der Waals surface area (Å²) in [5.74, 6) is -0.132. The van der Waals surface area contributed by atoms with E-state index >= 15 is 0 Å². The summed E-state index contributed by atoms with van der Waals surface area (Å²) in [4.78, 5) is 12.2. The molecule has 5 fully saturated rings. The van der Waals surface area contributed by atoms with Crippen molar-refractivity contribution in [3.63, 3.8) is 0 Å². The Bertz CT molecular complexity index is 1120. The third-order valence-electron chi connectivity index (χ3n) is 11.2. The van der Waals surface area contributed by atoms with Crippen molar-refractivity contribution in [3.05, 3.63) is 23.3 Å². The Hall–Kier alpha value is -1.33. The monoisotopic (exact) mass is 604 g/mol. The van der Waals surface area contributed by atoms with Crippen LogP contribution in [0.15, 0.2) is 23.3 Å². The first-order chi connectivity index (χ1) is 20.3. The molecule has 1 N–H and O–H groups in total. The van der Waals surface area contributed by atoms with E-state index < -0.39 is 22.9 Å². The lowest BCUT2D eigenvalue weighted by Gasteiger charge is -2.54. The quantitative estimate of drug-likeness (QED) is 0.281. The van der Waals surface area contributed by atoms with Gasteiger partial charge in [0.15, 0.2) is 0 Å². The van der Waals surface area contributed by atoms with Gasteiger partial charge in [-0.2, -0.15) is 0 Å². The number of ether oxygens (including phenoxy) is 7. The molecule has 0 saturated carbocycles. The molecule has 0 aromatic heterocycles. The lowest BCUT2D eigenvalue weighted by atomic mass is 9.78. The molecule has 0 aliphatic carbocycles. The average molecular weight is 605 g/mol. The summed E-state index contributed by atoms with van der Waals surface area (Å²) in [6.45, 7) is 15.1. The molecule has 0 bridgehead atoms. The molecule has 13 atom stereocenters. The molecular formula is C34H52O9. The summed E-state index contributed by atoms with van der Waals surface area (Å²) in [5, 5.41) is 11.3. The number of hydrogen-bond acceptors (Lipinski definition) is 9. The molecule has 0 amide bonds. The molecule has 9 heteroatoms. The Balaban J connectivity index is 1.17. The molecule has 6 aliphatic rings. The second-order valence-corrected chi connectivity index (χ2v) is 14.6. The Kier molecular flexibility index (Phi) is 8.68. The standard InChI is InChI=1S/C34H52O9/c1-8-37-31(36)20(3)9-12-32(5)26(35)17-28-33(6,43-32)13-10-22-29(41-28)21(4)15-23-25(39-22)18-34(7)27(40-23)16-24-30(42-34)19(2)11-14-38-24/h9,11,21-30,35H,8,10,12-18H2,1-7H3/b20-9+/t21-,22+,23+,24+,25-,26-,27-,28+,29-,30-,32+,33-,34+/m1/s1. The summed E-state index contributed by atoms with van der Waals surface area (Å²) in [6.07, 6.45) is 7.38. The lowest BCUT2D eigenvalue weighted by molar-refractivity contribution is -0.293. The second-order valence-electron chi connectivity index (χ2n) is 14.6. The molecule has 43 heavy (non-hydrogen) atoms. The fourth-order valence-electron chi connectivity index (χ4n) is 8.42. The van der Waals surface area contributed by atoms with E-state index in [0.717, 1.165) is 32.1 Å². The highest BCUT2D eigenvalue weighted by Crippen LogP contribution is 2.50. The maximum Gasteiger partial charge on any atom is 0.333 e. The predicted octanol–water partition coefficient (Wildman–Crippen LogP) is 4.58. The van der Waals surface area contributed by atoms with Crippen molar-refractivity contribution in [3.8, 4) is 0 Å². The predicted molar refractivity (Wildman–Crippen MR) is 159 cm³/mol. The van der Waals surface area contributed by atoms with Crippen molar-refractivity contribution in [2.45, 2.75) is 165 Å². The second kappa shape index (κ2) is 11.8. The van der Waals surface area contributed by atoms with Gasteiger partial charge >= 0.3 is 5.97 Å². The van der Waals surface area contributed by atoms with Crippen LogP contribution in [0.3, 0.4) is 0 Å². The molecule has 6 rings (SSSR count). The van der Waals surface area contributed by atoms with Crippen LogP contribution in [0.25, 0.3) is 0 Å². The van der Waals surface area contributed by atoms with Crippen molar-refractivity contribution >= 4 is 5.97 Å². The van der Waals surface area contributed by atoms with Crippen molar-refractivity contribution in [2.75, 3.05) is 13.2 Å². The van der Waals surface area contributed by atoms with Crippen LogP contribution in [0.1, 0.15) is 93.4 Å². The van der Waals surface area contributed by atoms with Crippen LogP contribution in [0.4, 0.5) is 0 Å². The number of aliphatic hydroxyl groups is 1. The van der Waals surface area contributed by atoms with Crippen LogP contribution < -0.4 is 0 Å². The molecule has 0 spiro atoms. The number of hydrogen-bond donors (Lipinski definition) is 1. The zero-order valence-corrected chi connectivity index (χ0v) is 27.0. The maximum atomic E-state index is 12.2. The van der Waals surface area contributed by atoms with E-state index in [2.05, 4.69) is 33.8 Å². The molecule has 6 heterocycles. The van der Waals surface area contributed by atoms with E-state index in [9.17, 15) is 9.90 Å². The van der Waals surface area contributed by atoms with E-state index in [-0.39, 0.29) is 60.7 Å². The number of aliphatic hydroxyl groups excluding tert-OH is 1. The highest BCUT2D eigenvalue weighted by Gasteiger charge is 2.58. The van der Waals surface area contributed by atoms with Crippen molar-refractivity contribution in [2.24, 2.45) is 5.92 Å². The van der Waals surface area contributed by atoms with E-state index in [0.29, 0.717) is 31.6 Å². The molecule has 242 valence electrons. The molecule has 5 saturated heterocycles. The Morgan fingerprint density at radius 3 is 2.58 bits per heavy atom. The van der Waals surface area contributed by atoms with Crippen LogP contribution >= 0.6 is 0 Å². The van der Waals surface area contributed by atoms with Gasteiger partial charge in [0, 0.05) is 24.8 Å². The molecule has 0 radical (unpaired) electrons. The molecule has 6 aliphatic heterocycles. The van der Waals surface area contributed by atoms with Crippen molar-refractivity contribution in [1.82, 2.24) is 0 Å². The number of carbonyl (C=O) groups excluding carboxylic acids is 1. The van der Waals surface area contributed by atoms with Gasteiger partial charge < -0.3 is 38.3 Å². The molecular weight excluding hydrogens is 552 g/mol. The Labute approximate surface area is 256 Å². The number of esters is 1. The average Bonchev–Trinajstić information content (AvgIpc) is 3.16. The van der Waals surface area contributed by atoms with Gasteiger partial charge in [-0.3, -0.25) is 0 Å². The van der Waals surface area contributed by atoms with Gasteiger partial charge in [-0.05, 0) is 78.7 Å². The van der Waals surface area contributed by atoms with E-state index in [1.54, 1.807) is 13.8 Å². The minimum Gasteiger partial charge on any atom is -0.463 e. The van der Waals surface area contributed by atoms with Gasteiger partial charge in [0.1, 0.15) is 6.10 Å². The zero-order valence-electron chi connectivity index (χ0n) is 27.0. The Morgan fingerprint density at radius 2 is 1.81 bits per heavy atom. The smallest absolute Gasteiger partial charge is 0.333 e. The van der Waals surface area contributed by atoms with Crippen LogP contribution in [0.5, 0.6) is 0 Å². The summed E-state index contributed by atoms with van der Waals surface area (Å²) >= 11 is 0. The lowest BCUT2D eigenvalue weighted by Crippen LogP contribution is -2.63. The fraction of sp³-hybridized carbons (Fsp3) is 0.853. The van der Waals surface area contributed by atoms with E-state index in [4.69, 9.17) is 33.2 Å². The van der Waals surface area contributed by atoms with Crippen molar-refractivity contribution < 1.29 is 43.1 Å².